The van der Waals surface area contributed by atoms with Crippen LogP contribution in [-0.4, -0.2) is 20.9 Å². The van der Waals surface area contributed by atoms with E-state index in [0.29, 0.717) is 17.3 Å². The average Bonchev–Trinajstić information content (AvgIpc) is 2.69. The minimum atomic E-state index is -4.73. The van der Waals surface area contributed by atoms with E-state index in [2.05, 4.69) is 4.99 Å². The van der Waals surface area contributed by atoms with Gasteiger partial charge in [0.05, 0.1) is 9.92 Å². The molecule has 0 radical (unpaired) electrons. The van der Waals surface area contributed by atoms with E-state index in [1.54, 1.807) is 47.3 Å². The molecule has 0 spiro atoms. The SMILES string of the molecule is Br.O=S(=O)(F)c1ccc(C[n+]2cccc(N=C([O-])COc3cccc(Cl)c3Cl)c2)cc1. The third-order valence-electron chi connectivity index (χ3n) is 3.93. The highest BCUT2D eigenvalue weighted by atomic mass is 79.9. The van der Waals surface area contributed by atoms with Gasteiger partial charge in [-0.2, -0.15) is 13.0 Å². The van der Waals surface area contributed by atoms with E-state index in [1.807, 2.05) is 0 Å². The van der Waals surface area contributed by atoms with Gasteiger partial charge in [0.1, 0.15) is 23.1 Å². The van der Waals surface area contributed by atoms with Crippen molar-refractivity contribution in [3.63, 3.8) is 0 Å². The first kappa shape index (κ1) is 25.1. The van der Waals surface area contributed by atoms with E-state index < -0.39 is 21.0 Å². The van der Waals surface area contributed by atoms with Crippen molar-refractivity contribution in [2.24, 2.45) is 4.99 Å². The summed E-state index contributed by atoms with van der Waals surface area (Å²) in [7, 11) is -4.73. The Balaban J connectivity index is 0.00000341. The van der Waals surface area contributed by atoms with Gasteiger partial charge in [-0.25, -0.2) is 0 Å². The average molecular weight is 550 g/mol. The summed E-state index contributed by atoms with van der Waals surface area (Å²) < 4.78 is 41.9. The number of halogens is 4. The van der Waals surface area contributed by atoms with Crippen LogP contribution in [0.15, 0.2) is 76.9 Å². The number of aliphatic imine (C=N–C) groups is 1. The lowest BCUT2D eigenvalue weighted by Crippen LogP contribution is -2.33. The fourth-order valence-corrected chi connectivity index (χ4v) is 3.36. The van der Waals surface area contributed by atoms with Crippen molar-refractivity contribution in [1.29, 1.82) is 0 Å². The molecule has 11 heteroatoms. The number of hydrogen-bond donors (Lipinski definition) is 0. The minimum Gasteiger partial charge on any atom is -0.859 e. The molecule has 0 amide bonds. The number of pyridine rings is 1. The first-order valence-corrected chi connectivity index (χ1v) is 10.7. The number of ether oxygens (including phenoxy) is 1. The molecule has 1 heterocycles. The molecule has 0 atom stereocenters. The molecule has 0 aliphatic heterocycles. The van der Waals surface area contributed by atoms with Crippen molar-refractivity contribution in [2.75, 3.05) is 6.61 Å². The maximum absolute atomic E-state index is 13.0. The lowest BCUT2D eigenvalue weighted by Gasteiger charge is -2.13. The standard InChI is InChI=1S/C20H15Cl2FN2O4S.BrH/c21-17-4-1-5-18(20(17)22)29-13-19(26)24-15-3-2-10-25(12-15)11-14-6-8-16(9-7-14)30(23,27)28;/h1-10,12H,11,13H2;1H. The Morgan fingerprint density at radius 1 is 1.10 bits per heavy atom. The van der Waals surface area contributed by atoms with E-state index in [9.17, 15) is 17.4 Å². The Labute approximate surface area is 199 Å². The quantitative estimate of drug-likeness (QED) is 0.193. The van der Waals surface area contributed by atoms with Crippen LogP contribution in [0.2, 0.25) is 10.0 Å². The molecular weight excluding hydrogens is 534 g/mol. The van der Waals surface area contributed by atoms with Crippen LogP contribution in [0.25, 0.3) is 0 Å². The highest BCUT2D eigenvalue weighted by molar-refractivity contribution is 8.93. The van der Waals surface area contributed by atoms with Crippen LogP contribution < -0.4 is 14.4 Å². The van der Waals surface area contributed by atoms with Gasteiger partial charge < -0.3 is 9.84 Å². The molecule has 0 bridgehead atoms. The van der Waals surface area contributed by atoms with Gasteiger partial charge in [-0.05, 0) is 30.3 Å². The highest BCUT2D eigenvalue weighted by Crippen LogP contribution is 2.31. The first-order chi connectivity index (χ1) is 14.2. The summed E-state index contributed by atoms with van der Waals surface area (Å²) in [6.45, 7) is 0.0624. The molecule has 0 saturated carbocycles. The fourth-order valence-electron chi connectivity index (χ4n) is 2.55. The second-order valence-corrected chi connectivity index (χ2v) is 8.29. The topological polar surface area (TPSA) is 82.7 Å². The number of nitrogens with zero attached hydrogens (tertiary/aromatic N) is 2. The monoisotopic (exact) mass is 548 g/mol. The van der Waals surface area contributed by atoms with Crippen molar-refractivity contribution < 1.29 is 26.7 Å². The van der Waals surface area contributed by atoms with E-state index >= 15 is 0 Å². The van der Waals surface area contributed by atoms with Crippen molar-refractivity contribution in [3.8, 4) is 5.75 Å². The van der Waals surface area contributed by atoms with Crippen LogP contribution in [0.3, 0.4) is 0 Å². The summed E-state index contributed by atoms with van der Waals surface area (Å²) in [5.74, 6) is -0.226. The van der Waals surface area contributed by atoms with Crippen LogP contribution in [0.4, 0.5) is 9.57 Å². The predicted molar refractivity (Wildman–Crippen MR) is 120 cm³/mol. The van der Waals surface area contributed by atoms with E-state index in [0.717, 1.165) is 5.56 Å². The lowest BCUT2D eigenvalue weighted by atomic mass is 10.2. The van der Waals surface area contributed by atoms with Crippen LogP contribution in [0.1, 0.15) is 5.56 Å². The molecule has 3 rings (SSSR count). The van der Waals surface area contributed by atoms with Crippen molar-refractivity contribution in [1.82, 2.24) is 0 Å². The second kappa shape index (κ2) is 10.9. The Morgan fingerprint density at radius 3 is 2.48 bits per heavy atom. The highest BCUT2D eigenvalue weighted by Gasteiger charge is 2.12. The molecule has 6 nitrogen and oxygen atoms in total. The minimum absolute atomic E-state index is 0. The molecule has 0 unspecified atom stereocenters. The zero-order valence-corrected chi connectivity index (χ0v) is 19.8. The molecule has 164 valence electrons. The number of benzene rings is 2. The maximum atomic E-state index is 13.0. The summed E-state index contributed by atoms with van der Waals surface area (Å²) in [6.07, 6.45) is 3.40. The third-order valence-corrected chi connectivity index (χ3v) is 5.57. The maximum Gasteiger partial charge on any atom is 0.332 e. The fraction of sp³-hybridized carbons (Fsp3) is 0.100. The third kappa shape index (κ3) is 7.17. The van der Waals surface area contributed by atoms with Gasteiger partial charge >= 0.3 is 10.2 Å². The van der Waals surface area contributed by atoms with Crippen molar-refractivity contribution in [2.45, 2.75) is 11.4 Å². The van der Waals surface area contributed by atoms with Crippen LogP contribution in [0.5, 0.6) is 5.75 Å². The summed E-state index contributed by atoms with van der Waals surface area (Å²) >= 11 is 11.9. The smallest absolute Gasteiger partial charge is 0.332 e. The largest absolute Gasteiger partial charge is 0.859 e. The first-order valence-electron chi connectivity index (χ1n) is 8.56. The predicted octanol–water partition coefficient (Wildman–Crippen LogP) is 4.03. The van der Waals surface area contributed by atoms with E-state index in [1.165, 1.54) is 24.3 Å². The van der Waals surface area contributed by atoms with Crippen molar-refractivity contribution >= 4 is 62.0 Å². The van der Waals surface area contributed by atoms with Crippen molar-refractivity contribution in [3.05, 3.63) is 82.6 Å². The summed E-state index contributed by atoms with van der Waals surface area (Å²) in [4.78, 5) is 3.59. The lowest BCUT2D eigenvalue weighted by molar-refractivity contribution is -0.687. The summed E-state index contributed by atoms with van der Waals surface area (Å²) in [5.41, 5.74) is 1.15. The summed E-state index contributed by atoms with van der Waals surface area (Å²) in [6, 6.07) is 13.6. The molecule has 0 fully saturated rings. The zero-order chi connectivity index (χ0) is 21.7. The molecule has 31 heavy (non-hydrogen) atoms. The van der Waals surface area contributed by atoms with Gasteiger partial charge in [-0.1, -0.05) is 41.4 Å². The van der Waals surface area contributed by atoms with Gasteiger partial charge in [0.2, 0.25) is 0 Å². The van der Waals surface area contributed by atoms with E-state index in [-0.39, 0.29) is 34.4 Å². The van der Waals surface area contributed by atoms with E-state index in [4.69, 9.17) is 27.9 Å². The Kier molecular flexibility index (Phi) is 8.81. The molecule has 1 aromatic heterocycles. The van der Waals surface area contributed by atoms with Gasteiger partial charge in [0, 0.05) is 17.5 Å². The molecular formula is C20H16BrCl2FN2O4S. The number of hydrogen-bond acceptors (Lipinski definition) is 5. The Morgan fingerprint density at radius 2 is 1.81 bits per heavy atom. The van der Waals surface area contributed by atoms with Gasteiger partial charge in [0.25, 0.3) is 0 Å². The van der Waals surface area contributed by atoms with Gasteiger partial charge in [0.15, 0.2) is 18.9 Å². The molecule has 2 aromatic carbocycles. The molecule has 0 N–H and O–H groups in total. The van der Waals surface area contributed by atoms with Gasteiger partial charge in [-0.3, -0.25) is 4.99 Å². The molecule has 3 aromatic rings. The normalized spacial score (nSPS) is 11.6. The molecule has 0 aliphatic carbocycles. The number of rotatable bonds is 7. The van der Waals surface area contributed by atoms with Crippen LogP contribution in [0, 0.1) is 0 Å². The second-order valence-electron chi connectivity index (χ2n) is 6.16. The van der Waals surface area contributed by atoms with Crippen LogP contribution in [-0.2, 0) is 16.8 Å². The van der Waals surface area contributed by atoms with Crippen LogP contribution >= 0.6 is 40.2 Å². The summed E-state index contributed by atoms with van der Waals surface area (Å²) in [5, 5.41) is 12.7. The Hall–Kier alpha value is -2.20. The Bertz CT molecular complexity index is 1190. The molecule has 0 aliphatic rings. The molecule has 0 saturated heterocycles. The zero-order valence-electron chi connectivity index (χ0n) is 15.7. The van der Waals surface area contributed by atoms with Gasteiger partial charge in [-0.15, -0.1) is 20.9 Å². The number of aromatic nitrogens is 1.